The number of anilines is 2. The lowest BCUT2D eigenvalue weighted by Crippen LogP contribution is -2.25. The lowest BCUT2D eigenvalue weighted by atomic mass is 10.1. The molecule has 25 heavy (non-hydrogen) atoms. The highest BCUT2D eigenvalue weighted by Gasteiger charge is 2.34. The van der Waals surface area contributed by atoms with Gasteiger partial charge in [-0.15, -0.1) is 0 Å². The van der Waals surface area contributed by atoms with Crippen LogP contribution in [-0.2, 0) is 6.18 Å². The number of nitrogens with zero attached hydrogens (tertiary/aromatic N) is 2. The summed E-state index contributed by atoms with van der Waals surface area (Å²) in [5.74, 6) is 0.193. The number of nitrogens with one attached hydrogen (secondary N) is 2. The molecule has 0 bridgehead atoms. The number of alkyl halides is 3. The second-order valence-corrected chi connectivity index (χ2v) is 6.89. The van der Waals surface area contributed by atoms with E-state index in [1.165, 1.54) is 22.2 Å². The van der Waals surface area contributed by atoms with Crippen molar-refractivity contribution in [3.8, 4) is 6.07 Å². The fourth-order valence-electron chi connectivity index (χ4n) is 2.87. The van der Waals surface area contributed by atoms with Crippen LogP contribution >= 0.6 is 11.5 Å². The van der Waals surface area contributed by atoms with Gasteiger partial charge in [0.15, 0.2) is 5.56 Å². The molecular formula is C16H15F3N4OS. The van der Waals surface area contributed by atoms with Crippen LogP contribution in [0.25, 0.3) is 0 Å². The number of hydrogen-bond donors (Lipinski definition) is 2. The summed E-state index contributed by atoms with van der Waals surface area (Å²) in [5.41, 5.74) is -1.67. The lowest BCUT2D eigenvalue weighted by Gasteiger charge is -2.14. The highest BCUT2D eigenvalue weighted by atomic mass is 32.1. The maximum Gasteiger partial charge on any atom is 0.418 e. The van der Waals surface area contributed by atoms with Crippen LogP contribution in [-0.4, -0.2) is 17.0 Å². The molecule has 1 aromatic carbocycles. The van der Waals surface area contributed by atoms with E-state index in [-0.39, 0.29) is 28.2 Å². The fraction of sp³-hybridized carbons (Fsp3) is 0.375. The summed E-state index contributed by atoms with van der Waals surface area (Å²) in [6.45, 7) is 3.32. The zero-order chi connectivity index (χ0) is 18.2. The number of benzene rings is 1. The predicted octanol–water partition coefficient (Wildman–Crippen LogP) is 3.32. The van der Waals surface area contributed by atoms with Crippen LogP contribution in [0.15, 0.2) is 29.1 Å². The molecular weight excluding hydrogens is 353 g/mol. The molecule has 3 rings (SSSR count). The van der Waals surface area contributed by atoms with Gasteiger partial charge < -0.3 is 10.6 Å². The average molecular weight is 368 g/mol. The molecule has 1 saturated heterocycles. The van der Waals surface area contributed by atoms with E-state index in [9.17, 15) is 23.2 Å². The summed E-state index contributed by atoms with van der Waals surface area (Å²) in [6, 6.07) is 6.69. The molecule has 0 radical (unpaired) electrons. The number of hydrogen-bond acceptors (Lipinski definition) is 5. The second-order valence-electron chi connectivity index (χ2n) is 5.91. The Hall–Kier alpha value is -2.31. The maximum absolute atomic E-state index is 13.1. The summed E-state index contributed by atoms with van der Waals surface area (Å²) in [7, 11) is 0. The summed E-state index contributed by atoms with van der Waals surface area (Å²) >= 11 is 0.989. The molecule has 9 heteroatoms. The van der Waals surface area contributed by atoms with Gasteiger partial charge in [0, 0.05) is 6.54 Å². The van der Waals surface area contributed by atoms with Gasteiger partial charge in [0.2, 0.25) is 0 Å². The molecule has 2 aromatic rings. The molecule has 2 atom stereocenters. The van der Waals surface area contributed by atoms with Crippen LogP contribution in [0.3, 0.4) is 0 Å². The van der Waals surface area contributed by atoms with E-state index in [1.54, 1.807) is 0 Å². The Bertz CT molecular complexity index is 881. The van der Waals surface area contributed by atoms with Crippen molar-refractivity contribution in [2.45, 2.75) is 19.1 Å². The van der Waals surface area contributed by atoms with Crippen LogP contribution in [0.4, 0.5) is 23.9 Å². The van der Waals surface area contributed by atoms with Crippen molar-refractivity contribution in [2.75, 3.05) is 18.4 Å². The minimum Gasteiger partial charge on any atom is -0.344 e. The lowest BCUT2D eigenvalue weighted by molar-refractivity contribution is -0.136. The van der Waals surface area contributed by atoms with Gasteiger partial charge in [-0.05, 0) is 36.1 Å². The van der Waals surface area contributed by atoms with Gasteiger partial charge in [-0.3, -0.25) is 8.75 Å². The standard InChI is InChI=1S/C16H15F3N4OS/c1-9-7-21-8-13(9)23-15(24)10(6-20)14(25-23)22-12-5-3-2-4-11(12)16(17,18)19/h2-5,9,13,21-22H,7-8H2,1H3/t9-,13+/m1/s1. The van der Waals surface area contributed by atoms with Gasteiger partial charge >= 0.3 is 6.18 Å². The topological polar surface area (TPSA) is 69.8 Å². The smallest absolute Gasteiger partial charge is 0.344 e. The van der Waals surface area contributed by atoms with Crippen LogP contribution in [0.5, 0.6) is 0 Å². The third kappa shape index (κ3) is 3.27. The van der Waals surface area contributed by atoms with Crippen LogP contribution in [0.1, 0.15) is 24.1 Å². The first kappa shape index (κ1) is 17.5. The Morgan fingerprint density at radius 2 is 2.08 bits per heavy atom. The average Bonchev–Trinajstić information content (AvgIpc) is 3.10. The molecule has 0 amide bonds. The Kier molecular flexibility index (Phi) is 4.58. The molecule has 1 aromatic heterocycles. The Labute approximate surface area is 145 Å². The molecule has 132 valence electrons. The quantitative estimate of drug-likeness (QED) is 0.872. The Morgan fingerprint density at radius 3 is 2.68 bits per heavy atom. The van der Waals surface area contributed by atoms with E-state index < -0.39 is 17.3 Å². The van der Waals surface area contributed by atoms with Gasteiger partial charge in [0.05, 0.1) is 17.3 Å². The first-order valence-electron chi connectivity index (χ1n) is 7.62. The van der Waals surface area contributed by atoms with Gasteiger partial charge in [-0.2, -0.15) is 18.4 Å². The van der Waals surface area contributed by atoms with E-state index >= 15 is 0 Å². The van der Waals surface area contributed by atoms with Gasteiger partial charge in [0.1, 0.15) is 11.1 Å². The summed E-state index contributed by atoms with van der Waals surface area (Å²) in [6.07, 6.45) is -4.53. The van der Waals surface area contributed by atoms with Crippen molar-refractivity contribution in [2.24, 2.45) is 5.92 Å². The van der Waals surface area contributed by atoms with Crippen molar-refractivity contribution in [3.05, 3.63) is 45.7 Å². The Balaban J connectivity index is 2.03. The van der Waals surface area contributed by atoms with Gasteiger partial charge in [0.25, 0.3) is 5.56 Å². The second kappa shape index (κ2) is 6.54. The van der Waals surface area contributed by atoms with Crippen molar-refractivity contribution >= 4 is 22.2 Å². The molecule has 1 fully saturated rings. The van der Waals surface area contributed by atoms with Crippen molar-refractivity contribution < 1.29 is 13.2 Å². The number of nitriles is 1. The SMILES string of the molecule is C[C@@H]1CNC[C@@H]1n1sc(Nc2ccccc2C(F)(F)F)c(C#N)c1=O. The third-order valence-corrected chi connectivity index (χ3v) is 5.32. The third-order valence-electron chi connectivity index (χ3n) is 4.20. The molecule has 2 N–H and O–H groups in total. The summed E-state index contributed by atoms with van der Waals surface area (Å²) in [4.78, 5) is 12.5. The first-order chi connectivity index (χ1) is 11.8. The molecule has 1 aliphatic rings. The Morgan fingerprint density at radius 1 is 1.36 bits per heavy atom. The molecule has 0 spiro atoms. The first-order valence-corrected chi connectivity index (χ1v) is 8.40. The van der Waals surface area contributed by atoms with E-state index in [0.717, 1.165) is 24.1 Å². The molecule has 0 unspecified atom stereocenters. The highest BCUT2D eigenvalue weighted by molar-refractivity contribution is 7.11. The van der Waals surface area contributed by atoms with Gasteiger partial charge in [-0.25, -0.2) is 0 Å². The molecule has 5 nitrogen and oxygen atoms in total. The van der Waals surface area contributed by atoms with E-state index in [1.807, 2.05) is 13.0 Å². The predicted molar refractivity (Wildman–Crippen MR) is 89.1 cm³/mol. The summed E-state index contributed by atoms with van der Waals surface area (Å²) in [5, 5.41) is 15.2. The molecule has 1 aliphatic heterocycles. The normalized spacial score (nSPS) is 20.4. The van der Waals surface area contributed by atoms with Crippen molar-refractivity contribution in [1.82, 2.24) is 9.27 Å². The zero-order valence-corrected chi connectivity index (χ0v) is 14.0. The summed E-state index contributed by atoms with van der Waals surface area (Å²) < 4.78 is 40.9. The monoisotopic (exact) mass is 368 g/mol. The fourth-order valence-corrected chi connectivity index (χ4v) is 4.04. The number of para-hydroxylation sites is 1. The van der Waals surface area contributed by atoms with E-state index in [2.05, 4.69) is 10.6 Å². The molecule has 2 heterocycles. The van der Waals surface area contributed by atoms with E-state index in [0.29, 0.717) is 6.54 Å². The molecule has 0 saturated carbocycles. The minimum atomic E-state index is -4.53. The highest BCUT2D eigenvalue weighted by Crippen LogP contribution is 2.37. The van der Waals surface area contributed by atoms with E-state index in [4.69, 9.17) is 0 Å². The largest absolute Gasteiger partial charge is 0.418 e. The number of aromatic nitrogens is 1. The number of halogens is 3. The van der Waals surface area contributed by atoms with Gasteiger partial charge in [-0.1, -0.05) is 19.1 Å². The minimum absolute atomic E-state index is 0.113. The van der Waals surface area contributed by atoms with Crippen molar-refractivity contribution in [1.29, 1.82) is 5.26 Å². The maximum atomic E-state index is 13.1. The van der Waals surface area contributed by atoms with Crippen LogP contribution in [0, 0.1) is 17.2 Å². The van der Waals surface area contributed by atoms with Crippen LogP contribution in [0.2, 0.25) is 0 Å². The van der Waals surface area contributed by atoms with Crippen LogP contribution < -0.4 is 16.2 Å². The molecule has 0 aliphatic carbocycles. The number of rotatable bonds is 3. The zero-order valence-electron chi connectivity index (χ0n) is 13.2. The van der Waals surface area contributed by atoms with Crippen molar-refractivity contribution in [3.63, 3.8) is 0 Å².